The van der Waals surface area contributed by atoms with E-state index in [1.165, 1.54) is 37.0 Å². The van der Waals surface area contributed by atoms with Gasteiger partial charge in [-0.05, 0) is 24.3 Å². The third-order valence-electron chi connectivity index (χ3n) is 4.89. The summed E-state index contributed by atoms with van der Waals surface area (Å²) in [6.45, 7) is 4.11. The molecule has 0 atom stereocenters. The molecule has 3 aromatic heterocycles. The van der Waals surface area contributed by atoms with E-state index in [1.807, 2.05) is 0 Å². The molecule has 0 N–H and O–H groups in total. The fraction of sp³-hybridized carbons (Fsp3) is 0.579. The topological polar surface area (TPSA) is 69.6 Å². The number of thiophene rings is 1. The molecule has 0 bridgehead atoms. The maximum atomic E-state index is 5.75. The molecule has 0 amide bonds. The maximum Gasteiger partial charge on any atom is 0.226 e. The van der Waals surface area contributed by atoms with E-state index in [0.717, 1.165) is 17.4 Å². The van der Waals surface area contributed by atoms with Crippen molar-refractivity contribution in [2.45, 2.75) is 75.2 Å². The molecule has 1 fully saturated rings. The predicted octanol–water partition coefficient (Wildman–Crippen LogP) is 5.23. The van der Waals surface area contributed by atoms with Crippen molar-refractivity contribution in [1.82, 2.24) is 25.0 Å². The van der Waals surface area contributed by atoms with Crippen LogP contribution in [0.1, 0.15) is 80.4 Å². The highest BCUT2D eigenvalue weighted by molar-refractivity contribution is 7.98. The fourth-order valence-corrected chi connectivity index (χ4v) is 5.05. The summed E-state index contributed by atoms with van der Waals surface area (Å²) in [4.78, 5) is 1.33. The number of thioether (sulfide) groups is 1. The first-order chi connectivity index (χ1) is 13.2. The summed E-state index contributed by atoms with van der Waals surface area (Å²) in [5.74, 6) is 3.29. The summed E-state index contributed by atoms with van der Waals surface area (Å²) in [5.41, 5.74) is 0. The van der Waals surface area contributed by atoms with Crippen molar-refractivity contribution in [3.05, 3.63) is 40.0 Å². The van der Waals surface area contributed by atoms with Gasteiger partial charge in [-0.1, -0.05) is 50.9 Å². The monoisotopic (exact) mass is 403 g/mol. The molecule has 144 valence electrons. The Balaban J connectivity index is 1.54. The van der Waals surface area contributed by atoms with Gasteiger partial charge in [0.15, 0.2) is 5.16 Å². The van der Waals surface area contributed by atoms with Crippen LogP contribution < -0.4 is 0 Å². The summed E-state index contributed by atoms with van der Waals surface area (Å²) in [5, 5.41) is 20.4. The molecule has 0 saturated heterocycles. The van der Waals surface area contributed by atoms with Gasteiger partial charge in [0, 0.05) is 23.3 Å². The van der Waals surface area contributed by atoms with Crippen molar-refractivity contribution in [3.8, 4) is 0 Å². The summed E-state index contributed by atoms with van der Waals surface area (Å²) in [6.07, 6.45) is 7.17. The smallest absolute Gasteiger partial charge is 0.226 e. The van der Waals surface area contributed by atoms with Gasteiger partial charge in [-0.25, -0.2) is 0 Å². The second-order valence-corrected chi connectivity index (χ2v) is 9.27. The quantitative estimate of drug-likeness (QED) is 0.503. The van der Waals surface area contributed by atoms with Crippen molar-refractivity contribution >= 4 is 23.1 Å². The molecular weight excluding hydrogens is 378 g/mol. The number of rotatable bonds is 7. The molecule has 6 nitrogen and oxygen atoms in total. The Bertz CT molecular complexity index is 849. The van der Waals surface area contributed by atoms with E-state index in [9.17, 15) is 0 Å². The van der Waals surface area contributed by atoms with Gasteiger partial charge >= 0.3 is 0 Å². The molecule has 8 heteroatoms. The highest BCUT2D eigenvalue weighted by Gasteiger charge is 2.24. The molecule has 0 aromatic carbocycles. The van der Waals surface area contributed by atoms with Crippen LogP contribution in [0.25, 0.3) is 0 Å². The minimum atomic E-state index is 0.250. The number of aromatic nitrogens is 5. The predicted molar refractivity (Wildman–Crippen MR) is 107 cm³/mol. The molecule has 27 heavy (non-hydrogen) atoms. The van der Waals surface area contributed by atoms with Crippen LogP contribution in [-0.2, 0) is 12.2 Å². The molecular formula is C19H25N5OS2. The zero-order chi connectivity index (χ0) is 18.6. The third kappa shape index (κ3) is 4.43. The van der Waals surface area contributed by atoms with Gasteiger partial charge in [-0.3, -0.25) is 0 Å². The SMILES string of the molecule is CC(C)c1nnc(CSc2nnc(Cc3cccs3)n2C2CCCCC2)o1. The average Bonchev–Trinajstić information content (AvgIpc) is 3.42. The van der Waals surface area contributed by atoms with Crippen LogP contribution in [0, 0.1) is 0 Å². The molecule has 1 aliphatic rings. The summed E-state index contributed by atoms with van der Waals surface area (Å²) < 4.78 is 8.12. The van der Waals surface area contributed by atoms with Gasteiger partial charge in [-0.15, -0.1) is 31.7 Å². The van der Waals surface area contributed by atoms with Crippen LogP contribution in [-0.4, -0.2) is 25.0 Å². The van der Waals surface area contributed by atoms with Gasteiger partial charge in [0.2, 0.25) is 11.8 Å². The van der Waals surface area contributed by atoms with E-state index in [4.69, 9.17) is 4.42 Å². The van der Waals surface area contributed by atoms with Crippen LogP contribution in [0.2, 0.25) is 0 Å². The lowest BCUT2D eigenvalue weighted by atomic mass is 9.95. The minimum absolute atomic E-state index is 0.250. The average molecular weight is 404 g/mol. The highest BCUT2D eigenvalue weighted by atomic mass is 32.2. The largest absolute Gasteiger partial charge is 0.424 e. The molecule has 0 unspecified atom stereocenters. The first kappa shape index (κ1) is 18.7. The summed E-state index contributed by atoms with van der Waals surface area (Å²) in [7, 11) is 0. The van der Waals surface area contributed by atoms with Gasteiger partial charge in [0.05, 0.1) is 5.75 Å². The van der Waals surface area contributed by atoms with Crippen molar-refractivity contribution in [2.75, 3.05) is 0 Å². The van der Waals surface area contributed by atoms with Crippen LogP contribution in [0.3, 0.4) is 0 Å². The second-order valence-electron chi connectivity index (χ2n) is 7.29. The van der Waals surface area contributed by atoms with Gasteiger partial charge in [-0.2, -0.15) is 0 Å². The molecule has 1 saturated carbocycles. The Hall–Kier alpha value is -1.67. The van der Waals surface area contributed by atoms with E-state index >= 15 is 0 Å². The molecule has 4 rings (SSSR count). The van der Waals surface area contributed by atoms with Gasteiger partial charge < -0.3 is 8.98 Å². The van der Waals surface area contributed by atoms with Crippen LogP contribution in [0.5, 0.6) is 0 Å². The van der Waals surface area contributed by atoms with E-state index < -0.39 is 0 Å². The van der Waals surface area contributed by atoms with E-state index in [-0.39, 0.29) is 5.92 Å². The number of nitrogens with zero attached hydrogens (tertiary/aromatic N) is 5. The van der Waals surface area contributed by atoms with Crippen molar-refractivity contribution in [2.24, 2.45) is 0 Å². The zero-order valence-electron chi connectivity index (χ0n) is 15.8. The van der Waals surface area contributed by atoms with Crippen LogP contribution in [0.15, 0.2) is 27.1 Å². The van der Waals surface area contributed by atoms with Crippen LogP contribution >= 0.6 is 23.1 Å². The summed E-state index contributed by atoms with van der Waals surface area (Å²) in [6, 6.07) is 4.77. The van der Waals surface area contributed by atoms with E-state index in [1.54, 1.807) is 23.1 Å². The lowest BCUT2D eigenvalue weighted by Crippen LogP contribution is -2.16. The Labute approximate surface area is 167 Å². The molecule has 3 aromatic rings. The van der Waals surface area contributed by atoms with Crippen LogP contribution in [0.4, 0.5) is 0 Å². The summed E-state index contributed by atoms with van der Waals surface area (Å²) >= 11 is 3.43. The fourth-order valence-electron chi connectivity index (χ4n) is 3.49. The van der Waals surface area contributed by atoms with Crippen molar-refractivity contribution in [1.29, 1.82) is 0 Å². The minimum Gasteiger partial charge on any atom is -0.424 e. The Morgan fingerprint density at radius 3 is 2.74 bits per heavy atom. The normalized spacial score (nSPS) is 15.7. The van der Waals surface area contributed by atoms with Crippen molar-refractivity contribution < 1.29 is 4.42 Å². The molecule has 0 radical (unpaired) electrons. The zero-order valence-corrected chi connectivity index (χ0v) is 17.4. The van der Waals surface area contributed by atoms with E-state index in [0.29, 0.717) is 23.6 Å². The highest BCUT2D eigenvalue weighted by Crippen LogP contribution is 2.34. The lowest BCUT2D eigenvalue weighted by Gasteiger charge is -2.25. The number of hydrogen-bond acceptors (Lipinski definition) is 7. The molecule has 3 heterocycles. The first-order valence-electron chi connectivity index (χ1n) is 9.62. The molecule has 0 aliphatic heterocycles. The van der Waals surface area contributed by atoms with Crippen molar-refractivity contribution in [3.63, 3.8) is 0 Å². The first-order valence-corrected chi connectivity index (χ1v) is 11.5. The Morgan fingerprint density at radius 1 is 1.19 bits per heavy atom. The van der Waals surface area contributed by atoms with Gasteiger partial charge in [0.1, 0.15) is 5.82 Å². The molecule has 0 spiro atoms. The molecule has 1 aliphatic carbocycles. The van der Waals surface area contributed by atoms with E-state index in [2.05, 4.69) is 56.3 Å². The Morgan fingerprint density at radius 2 is 2.04 bits per heavy atom. The second kappa shape index (κ2) is 8.56. The van der Waals surface area contributed by atoms with Gasteiger partial charge in [0.25, 0.3) is 0 Å². The Kier molecular flexibility index (Phi) is 5.92. The maximum absolute atomic E-state index is 5.75. The number of hydrogen-bond donors (Lipinski definition) is 0. The third-order valence-corrected chi connectivity index (χ3v) is 6.69. The lowest BCUT2D eigenvalue weighted by molar-refractivity contribution is 0.330. The standard InChI is InChI=1S/C19H25N5OS2/c1-13(2)18-22-21-17(25-18)12-27-19-23-20-16(11-15-9-6-10-26-15)24(19)14-7-4-3-5-8-14/h6,9-10,13-14H,3-5,7-8,11-12H2,1-2H3.